The first-order chi connectivity index (χ1) is 9.56. The van der Waals surface area contributed by atoms with E-state index in [-0.39, 0.29) is 6.10 Å². The molecule has 1 aromatic carbocycles. The Bertz CT molecular complexity index is 456. The van der Waals surface area contributed by atoms with Gasteiger partial charge in [0.15, 0.2) is 0 Å². The number of aliphatic hydroxyl groups is 1. The van der Waals surface area contributed by atoms with Crippen molar-refractivity contribution in [1.82, 2.24) is 0 Å². The molecule has 0 bridgehead atoms. The van der Waals surface area contributed by atoms with Crippen molar-refractivity contribution >= 4 is 0 Å². The van der Waals surface area contributed by atoms with Crippen LogP contribution in [0.5, 0.6) is 5.75 Å². The molecule has 0 heterocycles. The van der Waals surface area contributed by atoms with Crippen LogP contribution in [0.15, 0.2) is 36.4 Å². The lowest BCUT2D eigenvalue weighted by atomic mass is 10.1. The first-order valence-electron chi connectivity index (χ1n) is 6.61. The van der Waals surface area contributed by atoms with Crippen LogP contribution in [0.2, 0.25) is 0 Å². The van der Waals surface area contributed by atoms with Gasteiger partial charge in [-0.25, -0.2) is 0 Å². The highest BCUT2D eigenvalue weighted by Crippen LogP contribution is 2.14. The zero-order valence-corrected chi connectivity index (χ0v) is 12.1. The summed E-state index contributed by atoms with van der Waals surface area (Å²) in [5.41, 5.74) is 1.78. The fourth-order valence-corrected chi connectivity index (χ4v) is 1.69. The molecule has 0 aromatic heterocycles. The summed E-state index contributed by atoms with van der Waals surface area (Å²) in [5.74, 6) is 3.41. The average Bonchev–Trinajstić information content (AvgIpc) is 2.47. The second-order valence-corrected chi connectivity index (χ2v) is 4.75. The molecule has 0 radical (unpaired) electrons. The van der Waals surface area contributed by atoms with E-state index in [1.54, 1.807) is 14.0 Å². The average molecular weight is 274 g/mol. The molecule has 2 atom stereocenters. The van der Waals surface area contributed by atoms with Crippen LogP contribution >= 0.6 is 0 Å². The van der Waals surface area contributed by atoms with E-state index in [4.69, 9.17) is 15.9 Å². The number of rotatable bonds is 8. The SMILES string of the molecule is C#CC(CCC(O)C(=C)C)OCc1ccc(OC)cc1. The topological polar surface area (TPSA) is 38.7 Å². The van der Waals surface area contributed by atoms with Crippen LogP contribution in [0, 0.1) is 12.3 Å². The molecule has 0 amide bonds. The third-order valence-corrected chi connectivity index (χ3v) is 3.07. The van der Waals surface area contributed by atoms with E-state index in [0.29, 0.717) is 19.4 Å². The molecule has 108 valence electrons. The maximum atomic E-state index is 9.68. The van der Waals surface area contributed by atoms with Crippen LogP contribution in [0.25, 0.3) is 0 Å². The Morgan fingerprint density at radius 2 is 2.00 bits per heavy atom. The maximum absolute atomic E-state index is 9.68. The van der Waals surface area contributed by atoms with Crippen molar-refractivity contribution in [3.63, 3.8) is 0 Å². The van der Waals surface area contributed by atoms with Gasteiger partial charge < -0.3 is 14.6 Å². The van der Waals surface area contributed by atoms with E-state index >= 15 is 0 Å². The van der Waals surface area contributed by atoms with Crippen molar-refractivity contribution in [1.29, 1.82) is 0 Å². The highest BCUT2D eigenvalue weighted by Gasteiger charge is 2.10. The minimum Gasteiger partial charge on any atom is -0.497 e. The van der Waals surface area contributed by atoms with Gasteiger partial charge in [0.2, 0.25) is 0 Å². The summed E-state index contributed by atoms with van der Waals surface area (Å²) < 4.78 is 10.8. The monoisotopic (exact) mass is 274 g/mol. The van der Waals surface area contributed by atoms with Gasteiger partial charge in [-0.3, -0.25) is 0 Å². The molecular weight excluding hydrogens is 252 g/mol. The van der Waals surface area contributed by atoms with Crippen molar-refractivity contribution in [2.24, 2.45) is 0 Å². The van der Waals surface area contributed by atoms with Crippen molar-refractivity contribution in [2.75, 3.05) is 7.11 Å². The van der Waals surface area contributed by atoms with Gasteiger partial charge in [0.05, 0.1) is 19.8 Å². The third kappa shape index (κ3) is 5.48. The number of hydrogen-bond donors (Lipinski definition) is 1. The van der Waals surface area contributed by atoms with Gasteiger partial charge in [-0.2, -0.15) is 0 Å². The van der Waals surface area contributed by atoms with Crippen LogP contribution in [-0.4, -0.2) is 24.4 Å². The van der Waals surface area contributed by atoms with E-state index in [1.165, 1.54) is 0 Å². The van der Waals surface area contributed by atoms with Crippen LogP contribution in [0.1, 0.15) is 25.3 Å². The van der Waals surface area contributed by atoms with Crippen LogP contribution in [0.3, 0.4) is 0 Å². The van der Waals surface area contributed by atoms with E-state index in [9.17, 15) is 5.11 Å². The zero-order valence-electron chi connectivity index (χ0n) is 12.1. The zero-order chi connectivity index (χ0) is 15.0. The lowest BCUT2D eigenvalue weighted by molar-refractivity contribution is 0.0623. The largest absolute Gasteiger partial charge is 0.497 e. The smallest absolute Gasteiger partial charge is 0.118 e. The molecule has 1 N–H and O–H groups in total. The summed E-state index contributed by atoms with van der Waals surface area (Å²) in [6, 6.07) is 7.65. The van der Waals surface area contributed by atoms with Crippen molar-refractivity contribution in [3.05, 3.63) is 42.0 Å². The first-order valence-corrected chi connectivity index (χ1v) is 6.61. The highest BCUT2D eigenvalue weighted by atomic mass is 16.5. The van der Waals surface area contributed by atoms with Gasteiger partial charge in [-0.05, 0) is 37.5 Å². The minimum atomic E-state index is -0.518. The predicted octanol–water partition coefficient (Wildman–Crippen LogP) is 2.93. The second kappa shape index (κ2) is 8.42. The van der Waals surface area contributed by atoms with Crippen LogP contribution in [-0.2, 0) is 11.3 Å². The fourth-order valence-electron chi connectivity index (χ4n) is 1.69. The molecule has 0 aliphatic rings. The van der Waals surface area contributed by atoms with E-state index in [0.717, 1.165) is 16.9 Å². The second-order valence-electron chi connectivity index (χ2n) is 4.75. The lowest BCUT2D eigenvalue weighted by Crippen LogP contribution is -2.15. The Morgan fingerprint density at radius 3 is 2.50 bits per heavy atom. The van der Waals surface area contributed by atoms with E-state index in [1.807, 2.05) is 24.3 Å². The van der Waals surface area contributed by atoms with Gasteiger partial charge in [0.1, 0.15) is 11.9 Å². The molecular formula is C17H22O3. The quantitative estimate of drug-likeness (QED) is 0.585. The summed E-state index contributed by atoms with van der Waals surface area (Å²) in [5, 5.41) is 9.68. The van der Waals surface area contributed by atoms with Gasteiger partial charge >= 0.3 is 0 Å². The molecule has 0 aliphatic carbocycles. The number of methoxy groups -OCH3 is 1. The summed E-state index contributed by atoms with van der Waals surface area (Å²) in [6.07, 6.45) is 5.80. The fraction of sp³-hybridized carbons (Fsp3) is 0.412. The molecule has 1 rings (SSSR count). The van der Waals surface area contributed by atoms with Crippen LogP contribution < -0.4 is 4.74 Å². The minimum absolute atomic E-state index is 0.300. The van der Waals surface area contributed by atoms with Crippen LogP contribution in [0.4, 0.5) is 0 Å². The molecule has 0 saturated carbocycles. The Kier molecular flexibility index (Phi) is 6.86. The number of terminal acetylenes is 1. The van der Waals surface area contributed by atoms with Gasteiger partial charge in [0.25, 0.3) is 0 Å². The van der Waals surface area contributed by atoms with Crippen molar-refractivity contribution in [2.45, 2.75) is 38.6 Å². The Labute approximate surface area is 121 Å². The summed E-state index contributed by atoms with van der Waals surface area (Å²) in [4.78, 5) is 0. The van der Waals surface area contributed by atoms with E-state index in [2.05, 4.69) is 12.5 Å². The van der Waals surface area contributed by atoms with Crippen molar-refractivity contribution < 1.29 is 14.6 Å². The van der Waals surface area contributed by atoms with Gasteiger partial charge in [0, 0.05) is 0 Å². The van der Waals surface area contributed by atoms with Crippen molar-refractivity contribution in [3.8, 4) is 18.1 Å². The molecule has 3 nitrogen and oxygen atoms in total. The normalized spacial score (nSPS) is 13.3. The molecule has 1 aromatic rings. The lowest BCUT2D eigenvalue weighted by Gasteiger charge is -2.15. The molecule has 0 aliphatic heterocycles. The van der Waals surface area contributed by atoms with Gasteiger partial charge in [-0.15, -0.1) is 6.42 Å². The maximum Gasteiger partial charge on any atom is 0.118 e. The molecule has 0 saturated heterocycles. The van der Waals surface area contributed by atoms with E-state index < -0.39 is 6.10 Å². The standard InChI is InChI=1S/C17H22O3/c1-5-15(10-11-17(18)13(2)3)20-12-14-6-8-16(19-4)9-7-14/h1,6-9,15,17-18H,2,10-12H2,3-4H3. The van der Waals surface area contributed by atoms with Gasteiger partial charge in [-0.1, -0.05) is 30.2 Å². The molecule has 20 heavy (non-hydrogen) atoms. The first kappa shape index (κ1) is 16.3. The summed E-state index contributed by atoms with van der Waals surface area (Å²) in [7, 11) is 1.63. The number of ether oxygens (including phenoxy) is 2. The predicted molar refractivity (Wildman–Crippen MR) is 80.5 cm³/mol. The third-order valence-electron chi connectivity index (χ3n) is 3.07. The molecule has 3 heteroatoms. The molecule has 2 unspecified atom stereocenters. The number of benzene rings is 1. The molecule has 0 fully saturated rings. The Morgan fingerprint density at radius 1 is 1.35 bits per heavy atom. The summed E-state index contributed by atoms with van der Waals surface area (Å²) >= 11 is 0. The highest BCUT2D eigenvalue weighted by molar-refractivity contribution is 5.26. The molecule has 0 spiro atoms. The number of hydrogen-bond acceptors (Lipinski definition) is 3. The Hall–Kier alpha value is -1.76. The number of aliphatic hydroxyl groups excluding tert-OH is 1. The Balaban J connectivity index is 2.40. The summed E-state index contributed by atoms with van der Waals surface area (Å²) in [6.45, 7) is 5.96.